The van der Waals surface area contributed by atoms with Crippen molar-refractivity contribution in [1.29, 1.82) is 0 Å². The Labute approximate surface area is 223 Å². The van der Waals surface area contributed by atoms with Gasteiger partial charge in [0.2, 0.25) is 0 Å². The summed E-state index contributed by atoms with van der Waals surface area (Å²) in [5, 5.41) is 14.3. The van der Waals surface area contributed by atoms with E-state index in [1.54, 1.807) is 30.5 Å². The fraction of sp³-hybridized carbons (Fsp3) is 0.333. The van der Waals surface area contributed by atoms with Gasteiger partial charge in [0.25, 0.3) is 5.91 Å². The van der Waals surface area contributed by atoms with Gasteiger partial charge in [-0.2, -0.15) is 0 Å². The third kappa shape index (κ3) is 5.00. The van der Waals surface area contributed by atoms with Crippen LogP contribution in [0.4, 0.5) is 4.39 Å². The first-order chi connectivity index (χ1) is 17.4. The van der Waals surface area contributed by atoms with Gasteiger partial charge in [-0.15, -0.1) is 0 Å². The molecule has 1 aromatic heterocycles. The van der Waals surface area contributed by atoms with Crippen molar-refractivity contribution in [2.75, 3.05) is 6.61 Å². The van der Waals surface area contributed by atoms with Gasteiger partial charge in [-0.3, -0.25) is 14.7 Å². The fourth-order valence-corrected chi connectivity index (χ4v) is 5.42. The average molecular weight is 522 g/mol. The van der Waals surface area contributed by atoms with Crippen molar-refractivity contribution in [3.8, 4) is 11.3 Å². The molecule has 2 aromatic carbocycles. The molecule has 0 radical (unpaired) electrons. The number of aliphatic hydroxyl groups is 1. The summed E-state index contributed by atoms with van der Waals surface area (Å²) in [6.07, 6.45) is 2.02. The Morgan fingerprint density at radius 1 is 1.19 bits per heavy atom. The number of amides is 1. The number of rotatable bonds is 6. The Hall–Kier alpha value is -3.22. The molecule has 2 heterocycles. The molecule has 1 fully saturated rings. The van der Waals surface area contributed by atoms with Crippen LogP contribution in [0.2, 0.25) is 5.02 Å². The van der Waals surface area contributed by atoms with Crippen LogP contribution in [0.3, 0.4) is 0 Å². The largest absolute Gasteiger partial charge is 0.394 e. The van der Waals surface area contributed by atoms with Gasteiger partial charge < -0.3 is 10.4 Å². The summed E-state index contributed by atoms with van der Waals surface area (Å²) in [7, 11) is 0. The third-order valence-corrected chi connectivity index (χ3v) is 7.07. The summed E-state index contributed by atoms with van der Waals surface area (Å²) in [6, 6.07) is 13.3. The maximum atomic E-state index is 15.4. The first kappa shape index (κ1) is 26.8. The number of hydrogen-bond donors (Lipinski definition) is 2. The first-order valence-corrected chi connectivity index (χ1v) is 12.7. The standard InChI is InChI=1S/C30H33ClFN3O2/c1-18-9-11-23(25(32)14-18)30(17-29(4,5)6)28(37)35(20(3)34-30)26(16-36)21-10-12-24(31)22(15-21)27-19(2)8-7-13-33-27/h7-15,26,34,36H,3,16-17H2,1-2,4-6H3/t26-,30-/m1/s1. The zero-order chi connectivity index (χ0) is 27.1. The van der Waals surface area contributed by atoms with Crippen molar-refractivity contribution in [1.82, 2.24) is 15.2 Å². The van der Waals surface area contributed by atoms with E-state index in [1.807, 2.05) is 52.8 Å². The zero-order valence-corrected chi connectivity index (χ0v) is 22.7. The minimum absolute atomic E-state index is 0.263. The molecule has 37 heavy (non-hydrogen) atoms. The third-order valence-electron chi connectivity index (χ3n) is 6.74. The van der Waals surface area contributed by atoms with Gasteiger partial charge in [0.1, 0.15) is 17.2 Å². The summed E-state index contributed by atoms with van der Waals surface area (Å²) in [6.45, 7) is 13.5. The van der Waals surface area contributed by atoms with Gasteiger partial charge in [-0.25, -0.2) is 4.39 Å². The first-order valence-electron chi connectivity index (χ1n) is 12.3. The minimum Gasteiger partial charge on any atom is -0.394 e. The second-order valence-electron chi connectivity index (χ2n) is 11.0. The van der Waals surface area contributed by atoms with Crippen LogP contribution in [0.15, 0.2) is 67.1 Å². The Bertz CT molecular complexity index is 1370. The van der Waals surface area contributed by atoms with E-state index in [4.69, 9.17) is 11.6 Å². The van der Waals surface area contributed by atoms with E-state index in [9.17, 15) is 9.90 Å². The lowest BCUT2D eigenvalue weighted by molar-refractivity contribution is -0.135. The normalized spacial score (nSPS) is 18.8. The van der Waals surface area contributed by atoms with Crippen molar-refractivity contribution >= 4 is 17.5 Å². The lowest BCUT2D eigenvalue weighted by atomic mass is 9.75. The van der Waals surface area contributed by atoms with E-state index in [-0.39, 0.29) is 23.5 Å². The van der Waals surface area contributed by atoms with Crippen LogP contribution >= 0.6 is 11.6 Å². The molecular weight excluding hydrogens is 489 g/mol. The number of aromatic nitrogens is 1. The molecule has 3 aromatic rings. The second kappa shape index (κ2) is 9.92. The predicted octanol–water partition coefficient (Wildman–Crippen LogP) is 6.43. The highest BCUT2D eigenvalue weighted by Crippen LogP contribution is 2.45. The molecule has 0 aliphatic carbocycles. The quantitative estimate of drug-likeness (QED) is 0.392. The highest BCUT2D eigenvalue weighted by Gasteiger charge is 2.54. The maximum Gasteiger partial charge on any atom is 0.259 e. The molecule has 0 saturated carbocycles. The van der Waals surface area contributed by atoms with E-state index >= 15 is 4.39 Å². The van der Waals surface area contributed by atoms with Crippen LogP contribution in [0.25, 0.3) is 11.3 Å². The summed E-state index contributed by atoms with van der Waals surface area (Å²) >= 11 is 6.54. The fourth-order valence-electron chi connectivity index (χ4n) is 5.21. The van der Waals surface area contributed by atoms with E-state index in [0.717, 1.165) is 16.8 Å². The summed E-state index contributed by atoms with van der Waals surface area (Å²) in [5.41, 5.74) is 2.37. The monoisotopic (exact) mass is 521 g/mol. The van der Waals surface area contributed by atoms with Crippen molar-refractivity contribution < 1.29 is 14.3 Å². The molecule has 0 bridgehead atoms. The Morgan fingerprint density at radius 2 is 1.92 bits per heavy atom. The molecule has 1 aliphatic heterocycles. The molecule has 0 spiro atoms. The highest BCUT2D eigenvalue weighted by molar-refractivity contribution is 6.33. The lowest BCUT2D eigenvalue weighted by Crippen LogP contribution is -2.47. The van der Waals surface area contributed by atoms with Crippen molar-refractivity contribution in [3.63, 3.8) is 0 Å². The molecular formula is C30H33ClFN3O2. The number of pyridine rings is 1. The molecule has 2 atom stereocenters. The van der Waals surface area contributed by atoms with E-state index in [1.165, 1.54) is 11.0 Å². The Morgan fingerprint density at radius 3 is 2.54 bits per heavy atom. The van der Waals surface area contributed by atoms with Crippen LogP contribution in [0.5, 0.6) is 0 Å². The predicted molar refractivity (Wildman–Crippen MR) is 145 cm³/mol. The average Bonchev–Trinajstić information content (AvgIpc) is 3.04. The van der Waals surface area contributed by atoms with Gasteiger partial charge >= 0.3 is 0 Å². The molecule has 1 saturated heterocycles. The number of benzene rings is 2. The van der Waals surface area contributed by atoms with E-state index in [0.29, 0.717) is 28.4 Å². The zero-order valence-electron chi connectivity index (χ0n) is 21.9. The smallest absolute Gasteiger partial charge is 0.259 e. The molecule has 194 valence electrons. The molecule has 5 nitrogen and oxygen atoms in total. The van der Waals surface area contributed by atoms with Crippen LogP contribution in [-0.2, 0) is 10.3 Å². The van der Waals surface area contributed by atoms with Crippen LogP contribution in [-0.4, -0.2) is 27.5 Å². The molecule has 1 amide bonds. The van der Waals surface area contributed by atoms with Crippen LogP contribution in [0, 0.1) is 25.1 Å². The summed E-state index contributed by atoms with van der Waals surface area (Å²) < 4.78 is 15.4. The number of nitrogens with zero attached hydrogens (tertiary/aromatic N) is 2. The topological polar surface area (TPSA) is 65.5 Å². The number of halogens is 2. The summed E-state index contributed by atoms with van der Waals surface area (Å²) in [4.78, 5) is 20.2. The highest BCUT2D eigenvalue weighted by atomic mass is 35.5. The second-order valence-corrected chi connectivity index (χ2v) is 11.4. The van der Waals surface area contributed by atoms with Crippen LogP contribution in [0.1, 0.15) is 55.5 Å². The van der Waals surface area contributed by atoms with Crippen molar-refractivity contribution in [2.24, 2.45) is 5.41 Å². The number of carbonyl (C=O) groups is 1. The molecule has 2 N–H and O–H groups in total. The van der Waals surface area contributed by atoms with Crippen molar-refractivity contribution in [2.45, 2.75) is 52.6 Å². The SMILES string of the molecule is C=C1N[C@](CC(C)(C)C)(c2ccc(C)cc2F)C(=O)N1[C@H](CO)c1ccc(Cl)c(-c2ncccc2C)c1. The van der Waals surface area contributed by atoms with Gasteiger partial charge in [0.05, 0.1) is 18.3 Å². The van der Waals surface area contributed by atoms with Gasteiger partial charge in [-0.05, 0) is 66.6 Å². The van der Waals surface area contributed by atoms with Crippen molar-refractivity contribution in [3.05, 3.63) is 100 Å². The summed E-state index contributed by atoms with van der Waals surface area (Å²) in [5.74, 6) is -0.516. The minimum atomic E-state index is -1.37. The van der Waals surface area contributed by atoms with E-state index in [2.05, 4.69) is 16.9 Å². The molecule has 0 unspecified atom stereocenters. The number of hydrogen-bond acceptors (Lipinski definition) is 4. The number of nitrogens with one attached hydrogen (secondary N) is 1. The maximum absolute atomic E-state index is 15.4. The van der Waals surface area contributed by atoms with Gasteiger partial charge in [-0.1, -0.05) is 63.2 Å². The molecule has 1 aliphatic rings. The number of aryl methyl sites for hydroxylation is 2. The molecule has 7 heteroatoms. The lowest BCUT2D eigenvalue weighted by Gasteiger charge is -2.35. The Kier molecular flexibility index (Phi) is 7.19. The number of carbonyl (C=O) groups excluding carboxylic acids is 1. The molecule has 4 rings (SSSR count). The van der Waals surface area contributed by atoms with Gasteiger partial charge in [0.15, 0.2) is 0 Å². The van der Waals surface area contributed by atoms with Crippen LogP contribution < -0.4 is 5.32 Å². The Balaban J connectivity index is 1.82. The number of aliphatic hydroxyl groups excluding tert-OH is 1. The van der Waals surface area contributed by atoms with Gasteiger partial charge in [0, 0.05) is 22.3 Å². The van der Waals surface area contributed by atoms with E-state index < -0.39 is 17.4 Å².